The molecule has 23 heavy (non-hydrogen) atoms. The van der Waals surface area contributed by atoms with Crippen molar-refractivity contribution in [3.63, 3.8) is 0 Å². The summed E-state index contributed by atoms with van der Waals surface area (Å²) in [5.41, 5.74) is 0.992. The molecule has 0 spiro atoms. The summed E-state index contributed by atoms with van der Waals surface area (Å²) in [6.07, 6.45) is 1.31. The van der Waals surface area contributed by atoms with Crippen molar-refractivity contribution >= 4 is 11.9 Å². The van der Waals surface area contributed by atoms with Gasteiger partial charge in [0.15, 0.2) is 5.96 Å². The fourth-order valence-electron chi connectivity index (χ4n) is 2.06. The Labute approximate surface area is 138 Å². The van der Waals surface area contributed by atoms with Crippen LogP contribution in [0.1, 0.15) is 32.3 Å². The molecule has 0 heterocycles. The lowest BCUT2D eigenvalue weighted by molar-refractivity contribution is -0.121. The highest BCUT2D eigenvalue weighted by Gasteiger charge is 2.09. The van der Waals surface area contributed by atoms with Gasteiger partial charge in [0.05, 0.1) is 0 Å². The summed E-state index contributed by atoms with van der Waals surface area (Å²) < 4.78 is 12.9. The lowest BCUT2D eigenvalue weighted by Gasteiger charge is -2.22. The average molecular weight is 322 g/mol. The normalized spacial score (nSPS) is 12.7. The Balaban J connectivity index is 2.41. The molecular formula is C17H27FN4O. The Morgan fingerprint density at radius 3 is 2.57 bits per heavy atom. The number of benzene rings is 1. The summed E-state index contributed by atoms with van der Waals surface area (Å²) in [5, 5.41) is 6.09. The molecule has 0 radical (unpaired) electrons. The molecule has 0 aliphatic carbocycles. The third kappa shape index (κ3) is 7.13. The molecule has 2 N–H and O–H groups in total. The molecule has 0 fully saturated rings. The Morgan fingerprint density at radius 2 is 2.00 bits per heavy atom. The Morgan fingerprint density at radius 1 is 1.35 bits per heavy atom. The third-order valence-corrected chi connectivity index (χ3v) is 3.56. The van der Waals surface area contributed by atoms with Crippen LogP contribution in [0.5, 0.6) is 0 Å². The molecule has 0 aliphatic heterocycles. The predicted octanol–water partition coefficient (Wildman–Crippen LogP) is 2.14. The van der Waals surface area contributed by atoms with Gasteiger partial charge in [-0.3, -0.25) is 9.79 Å². The van der Waals surface area contributed by atoms with Crippen LogP contribution in [-0.2, 0) is 11.3 Å². The fourth-order valence-corrected chi connectivity index (χ4v) is 2.06. The maximum absolute atomic E-state index is 12.9. The van der Waals surface area contributed by atoms with E-state index in [9.17, 15) is 9.18 Å². The predicted molar refractivity (Wildman–Crippen MR) is 91.7 cm³/mol. The summed E-state index contributed by atoms with van der Waals surface area (Å²) in [4.78, 5) is 17.9. The number of amides is 1. The molecule has 6 heteroatoms. The van der Waals surface area contributed by atoms with Crippen molar-refractivity contribution in [1.29, 1.82) is 0 Å². The standard InChI is InChI=1S/C17H27FN4O/c1-5-13(2)21-16(23)10-11-20-17(19-3)22(4)12-14-6-8-15(18)9-7-14/h6-9,13H,5,10-12H2,1-4H3,(H,19,20)(H,21,23). The van der Waals surface area contributed by atoms with Gasteiger partial charge >= 0.3 is 0 Å². The van der Waals surface area contributed by atoms with Crippen LogP contribution < -0.4 is 10.6 Å². The van der Waals surface area contributed by atoms with E-state index in [4.69, 9.17) is 0 Å². The quantitative estimate of drug-likeness (QED) is 0.597. The molecule has 0 bridgehead atoms. The molecular weight excluding hydrogens is 295 g/mol. The van der Waals surface area contributed by atoms with Gasteiger partial charge in [-0.05, 0) is 31.0 Å². The summed E-state index contributed by atoms with van der Waals surface area (Å²) >= 11 is 0. The number of carbonyl (C=O) groups is 1. The molecule has 0 saturated carbocycles. The van der Waals surface area contributed by atoms with Crippen LogP contribution in [0.4, 0.5) is 4.39 Å². The second-order valence-electron chi connectivity index (χ2n) is 5.58. The Hall–Kier alpha value is -2.11. The first-order valence-electron chi connectivity index (χ1n) is 7.91. The van der Waals surface area contributed by atoms with Crippen LogP contribution in [0, 0.1) is 5.82 Å². The van der Waals surface area contributed by atoms with E-state index >= 15 is 0 Å². The number of aliphatic imine (C=N–C) groups is 1. The van der Waals surface area contributed by atoms with E-state index in [1.165, 1.54) is 12.1 Å². The minimum atomic E-state index is -0.244. The lowest BCUT2D eigenvalue weighted by Crippen LogP contribution is -2.41. The van der Waals surface area contributed by atoms with E-state index in [0.717, 1.165) is 12.0 Å². The number of halogens is 1. The Bertz CT molecular complexity index is 516. The maximum Gasteiger partial charge on any atom is 0.221 e. The van der Waals surface area contributed by atoms with Crippen molar-refractivity contribution in [2.75, 3.05) is 20.6 Å². The van der Waals surface area contributed by atoms with Crippen molar-refractivity contribution in [2.45, 2.75) is 39.3 Å². The minimum absolute atomic E-state index is 0.0310. The van der Waals surface area contributed by atoms with Crippen molar-refractivity contribution in [3.8, 4) is 0 Å². The molecule has 128 valence electrons. The van der Waals surface area contributed by atoms with Crippen molar-refractivity contribution in [1.82, 2.24) is 15.5 Å². The maximum atomic E-state index is 12.9. The first-order chi connectivity index (χ1) is 11.0. The lowest BCUT2D eigenvalue weighted by atomic mass is 10.2. The molecule has 1 amide bonds. The van der Waals surface area contributed by atoms with Crippen LogP contribution in [-0.4, -0.2) is 43.4 Å². The van der Waals surface area contributed by atoms with E-state index in [1.54, 1.807) is 19.2 Å². The van der Waals surface area contributed by atoms with Gasteiger partial charge in [-0.1, -0.05) is 19.1 Å². The summed E-state index contributed by atoms with van der Waals surface area (Å²) in [5.74, 6) is 0.486. The van der Waals surface area contributed by atoms with Crippen LogP contribution in [0.3, 0.4) is 0 Å². The molecule has 1 atom stereocenters. The van der Waals surface area contributed by atoms with E-state index in [1.807, 2.05) is 25.8 Å². The van der Waals surface area contributed by atoms with Gasteiger partial charge in [0.2, 0.25) is 5.91 Å². The molecule has 1 rings (SSSR count). The molecule has 0 saturated heterocycles. The van der Waals surface area contributed by atoms with Gasteiger partial charge in [0.1, 0.15) is 5.82 Å². The highest BCUT2D eigenvalue weighted by molar-refractivity contribution is 5.81. The fraction of sp³-hybridized carbons (Fsp3) is 0.529. The number of carbonyl (C=O) groups excluding carboxylic acids is 1. The minimum Gasteiger partial charge on any atom is -0.356 e. The zero-order valence-electron chi connectivity index (χ0n) is 14.4. The number of guanidine groups is 1. The number of hydrogen-bond donors (Lipinski definition) is 2. The first kappa shape index (κ1) is 18.9. The molecule has 1 unspecified atom stereocenters. The van der Waals surface area contributed by atoms with E-state index < -0.39 is 0 Å². The van der Waals surface area contributed by atoms with Gasteiger partial charge < -0.3 is 15.5 Å². The van der Waals surface area contributed by atoms with Crippen LogP contribution in [0.25, 0.3) is 0 Å². The smallest absolute Gasteiger partial charge is 0.221 e. The van der Waals surface area contributed by atoms with E-state index in [0.29, 0.717) is 25.5 Å². The molecule has 1 aromatic rings. The number of nitrogens with one attached hydrogen (secondary N) is 2. The highest BCUT2D eigenvalue weighted by atomic mass is 19.1. The van der Waals surface area contributed by atoms with Crippen LogP contribution in [0.15, 0.2) is 29.3 Å². The SMILES string of the molecule is CCC(C)NC(=O)CCNC(=NC)N(C)Cc1ccc(F)cc1. The van der Waals surface area contributed by atoms with Crippen LogP contribution >= 0.6 is 0 Å². The summed E-state index contributed by atoms with van der Waals surface area (Å²) in [6, 6.07) is 6.58. The second kappa shape index (κ2) is 9.82. The number of rotatable bonds is 7. The zero-order chi connectivity index (χ0) is 17.2. The van der Waals surface area contributed by atoms with Crippen molar-refractivity contribution in [3.05, 3.63) is 35.6 Å². The average Bonchev–Trinajstić information content (AvgIpc) is 2.53. The second-order valence-corrected chi connectivity index (χ2v) is 5.58. The summed E-state index contributed by atoms with van der Waals surface area (Å²) in [7, 11) is 3.60. The van der Waals surface area contributed by atoms with Gasteiger partial charge in [-0.25, -0.2) is 4.39 Å². The molecule has 0 aliphatic rings. The van der Waals surface area contributed by atoms with E-state index in [-0.39, 0.29) is 17.8 Å². The van der Waals surface area contributed by atoms with Crippen molar-refractivity contribution in [2.24, 2.45) is 4.99 Å². The van der Waals surface area contributed by atoms with Gasteiger partial charge in [0, 0.05) is 39.6 Å². The van der Waals surface area contributed by atoms with Crippen LogP contribution in [0.2, 0.25) is 0 Å². The third-order valence-electron chi connectivity index (χ3n) is 3.56. The Kier molecular flexibility index (Phi) is 8.08. The summed E-state index contributed by atoms with van der Waals surface area (Å²) in [6.45, 7) is 5.15. The van der Waals surface area contributed by atoms with Crippen molar-refractivity contribution < 1.29 is 9.18 Å². The van der Waals surface area contributed by atoms with E-state index in [2.05, 4.69) is 15.6 Å². The van der Waals surface area contributed by atoms with Gasteiger partial charge in [0.25, 0.3) is 0 Å². The monoisotopic (exact) mass is 322 g/mol. The van der Waals surface area contributed by atoms with Gasteiger partial charge in [-0.15, -0.1) is 0 Å². The topological polar surface area (TPSA) is 56.7 Å². The molecule has 1 aromatic carbocycles. The molecule has 5 nitrogen and oxygen atoms in total. The number of nitrogens with zero attached hydrogens (tertiary/aromatic N) is 2. The highest BCUT2D eigenvalue weighted by Crippen LogP contribution is 2.05. The number of hydrogen-bond acceptors (Lipinski definition) is 2. The largest absolute Gasteiger partial charge is 0.356 e. The first-order valence-corrected chi connectivity index (χ1v) is 7.91. The zero-order valence-corrected chi connectivity index (χ0v) is 14.4. The molecule has 0 aromatic heterocycles. The van der Waals surface area contributed by atoms with Gasteiger partial charge in [-0.2, -0.15) is 0 Å².